The summed E-state index contributed by atoms with van der Waals surface area (Å²) in [7, 11) is 0. The summed E-state index contributed by atoms with van der Waals surface area (Å²) in [6.45, 7) is 10.1. The second-order valence-electron chi connectivity index (χ2n) is 9.17. The highest BCUT2D eigenvalue weighted by molar-refractivity contribution is 6.26. The molecule has 2 fully saturated rings. The molecule has 8 atom stereocenters. The highest BCUT2D eigenvalue weighted by atomic mass is 16.3. The average Bonchev–Trinajstić information content (AvgIpc) is 2.89. The number of rotatable bonds is 4. The zero-order chi connectivity index (χ0) is 20.7. The fourth-order valence-electron chi connectivity index (χ4n) is 6.09. The summed E-state index contributed by atoms with van der Waals surface area (Å²) in [5.41, 5.74) is 1.17. The number of aliphatic hydroxyl groups is 2. The maximum absolute atomic E-state index is 12.6. The van der Waals surface area contributed by atoms with Gasteiger partial charge in [-0.1, -0.05) is 45.3 Å². The van der Waals surface area contributed by atoms with Gasteiger partial charge in [-0.15, -0.1) is 0 Å². The summed E-state index contributed by atoms with van der Waals surface area (Å²) in [6.07, 6.45) is 5.44. The molecule has 0 aromatic carbocycles. The molecule has 5 heteroatoms. The van der Waals surface area contributed by atoms with E-state index in [0.29, 0.717) is 0 Å². The lowest BCUT2D eigenvalue weighted by atomic mass is 9.54. The molecule has 5 nitrogen and oxygen atoms in total. The van der Waals surface area contributed by atoms with Crippen LogP contribution in [0.3, 0.4) is 0 Å². The standard InChI is InChI=1S/C23H35NO4/c1-6-8-16-11(3)9-14-10-12(4)20(25)15(7-2)17(14)18(16)22(27)19-21(26)13(5)24-23(19)28/h9,12-18,20,25,27H,6-8,10H2,1-5H3,(H,24,28)/b22-19+/t12-,13+,14+,15+,16+,17+,18-,20+/m1/s1. The Bertz CT molecular complexity index is 709. The largest absolute Gasteiger partial charge is 0.511 e. The molecule has 1 saturated carbocycles. The van der Waals surface area contributed by atoms with E-state index < -0.39 is 18.1 Å². The van der Waals surface area contributed by atoms with Crippen molar-refractivity contribution in [3.05, 3.63) is 23.0 Å². The first kappa shape index (κ1) is 21.1. The Hall–Kier alpha value is -1.62. The molecule has 3 aliphatic rings. The van der Waals surface area contributed by atoms with Gasteiger partial charge >= 0.3 is 0 Å². The van der Waals surface area contributed by atoms with Gasteiger partial charge in [-0.25, -0.2) is 0 Å². The first-order chi connectivity index (χ1) is 13.2. The number of carbonyl (C=O) groups is 2. The van der Waals surface area contributed by atoms with Crippen LogP contribution in [0.4, 0.5) is 0 Å². The van der Waals surface area contributed by atoms with Crippen molar-refractivity contribution in [1.82, 2.24) is 5.32 Å². The van der Waals surface area contributed by atoms with E-state index in [1.165, 1.54) is 5.57 Å². The number of Topliss-reactive ketones (excluding diaryl/α,β-unsaturated/α-hetero) is 1. The first-order valence-electron chi connectivity index (χ1n) is 10.9. The summed E-state index contributed by atoms with van der Waals surface area (Å²) < 4.78 is 0. The minimum Gasteiger partial charge on any atom is -0.511 e. The highest BCUT2D eigenvalue weighted by Gasteiger charge is 2.51. The number of amides is 1. The van der Waals surface area contributed by atoms with Crippen molar-refractivity contribution in [2.24, 2.45) is 35.5 Å². The summed E-state index contributed by atoms with van der Waals surface area (Å²) in [5, 5.41) is 24.9. The molecular formula is C23H35NO4. The van der Waals surface area contributed by atoms with Crippen LogP contribution in [0.2, 0.25) is 0 Å². The van der Waals surface area contributed by atoms with Gasteiger partial charge in [0.1, 0.15) is 11.3 Å². The molecule has 1 amide bonds. The number of aliphatic hydroxyl groups excluding tert-OH is 2. The molecular weight excluding hydrogens is 354 g/mol. The summed E-state index contributed by atoms with van der Waals surface area (Å²) in [5.74, 6) is -0.505. The summed E-state index contributed by atoms with van der Waals surface area (Å²) in [4.78, 5) is 25.0. The number of hydrogen-bond acceptors (Lipinski definition) is 4. The molecule has 0 bridgehead atoms. The molecule has 1 heterocycles. The molecule has 3 rings (SSSR count). The quantitative estimate of drug-likeness (QED) is 0.297. The topological polar surface area (TPSA) is 86.6 Å². The van der Waals surface area contributed by atoms with Crippen LogP contribution >= 0.6 is 0 Å². The Balaban J connectivity index is 2.15. The monoisotopic (exact) mass is 389 g/mol. The summed E-state index contributed by atoms with van der Waals surface area (Å²) >= 11 is 0. The summed E-state index contributed by atoms with van der Waals surface area (Å²) in [6, 6.07) is -0.593. The Morgan fingerprint density at radius 3 is 2.46 bits per heavy atom. The van der Waals surface area contributed by atoms with Crippen LogP contribution in [0.1, 0.15) is 60.3 Å². The maximum Gasteiger partial charge on any atom is 0.259 e. The lowest BCUT2D eigenvalue weighted by Crippen LogP contribution is -2.49. The van der Waals surface area contributed by atoms with E-state index in [4.69, 9.17) is 0 Å². The molecule has 0 aromatic rings. The van der Waals surface area contributed by atoms with Gasteiger partial charge in [0.25, 0.3) is 5.91 Å². The van der Waals surface area contributed by atoms with E-state index in [1.54, 1.807) is 6.92 Å². The van der Waals surface area contributed by atoms with Crippen LogP contribution in [0.5, 0.6) is 0 Å². The smallest absolute Gasteiger partial charge is 0.259 e. The number of fused-ring (bicyclic) bond motifs is 1. The predicted molar refractivity (Wildman–Crippen MR) is 108 cm³/mol. The average molecular weight is 390 g/mol. The Morgan fingerprint density at radius 2 is 1.93 bits per heavy atom. The van der Waals surface area contributed by atoms with Gasteiger partial charge in [-0.05, 0) is 56.3 Å². The molecule has 156 valence electrons. The molecule has 28 heavy (non-hydrogen) atoms. The normalized spacial score (nSPS) is 42.7. The van der Waals surface area contributed by atoms with E-state index in [1.807, 2.05) is 0 Å². The fraction of sp³-hybridized carbons (Fsp3) is 0.739. The van der Waals surface area contributed by atoms with Crippen molar-refractivity contribution >= 4 is 11.7 Å². The lowest BCUT2D eigenvalue weighted by Gasteiger charge is -2.51. The van der Waals surface area contributed by atoms with E-state index in [0.717, 1.165) is 25.7 Å². The molecule has 3 N–H and O–H groups in total. The van der Waals surface area contributed by atoms with Gasteiger partial charge in [0, 0.05) is 5.92 Å². The van der Waals surface area contributed by atoms with Crippen molar-refractivity contribution in [2.45, 2.75) is 72.4 Å². The predicted octanol–water partition coefficient (Wildman–Crippen LogP) is 3.54. The van der Waals surface area contributed by atoms with Gasteiger partial charge < -0.3 is 15.5 Å². The number of carbonyl (C=O) groups excluding carboxylic acids is 2. The minimum atomic E-state index is -0.593. The number of hydrogen-bond donors (Lipinski definition) is 3. The van der Waals surface area contributed by atoms with Crippen molar-refractivity contribution < 1.29 is 19.8 Å². The zero-order valence-corrected chi connectivity index (χ0v) is 17.7. The SMILES string of the molecule is CCC[C@H]1C(C)=C[C@H]2C[C@@H](C)[C@H](O)[C@@H](CC)[C@H]2[C@@H]1/C(O)=C1\C(=O)N[C@@H](C)C1=O. The third-order valence-corrected chi connectivity index (χ3v) is 7.42. The molecule has 1 saturated heterocycles. The third kappa shape index (κ3) is 3.32. The van der Waals surface area contributed by atoms with Gasteiger partial charge in [-0.2, -0.15) is 0 Å². The van der Waals surface area contributed by atoms with Gasteiger partial charge in [-0.3, -0.25) is 9.59 Å². The van der Waals surface area contributed by atoms with Gasteiger partial charge in [0.05, 0.1) is 12.1 Å². The van der Waals surface area contributed by atoms with E-state index in [9.17, 15) is 19.8 Å². The van der Waals surface area contributed by atoms with Crippen molar-refractivity contribution in [3.63, 3.8) is 0 Å². The third-order valence-electron chi connectivity index (χ3n) is 7.42. The molecule has 0 unspecified atom stereocenters. The highest BCUT2D eigenvalue weighted by Crippen LogP contribution is 2.54. The van der Waals surface area contributed by atoms with Crippen LogP contribution in [-0.4, -0.2) is 34.0 Å². The molecule has 0 spiro atoms. The number of allylic oxidation sites excluding steroid dienone is 3. The molecule has 2 aliphatic carbocycles. The van der Waals surface area contributed by atoms with Gasteiger partial charge in [0.2, 0.25) is 0 Å². The number of nitrogens with one attached hydrogen (secondary N) is 1. The first-order valence-corrected chi connectivity index (χ1v) is 10.9. The van der Waals surface area contributed by atoms with Crippen LogP contribution in [0.15, 0.2) is 23.0 Å². The van der Waals surface area contributed by atoms with Crippen molar-refractivity contribution in [1.29, 1.82) is 0 Å². The van der Waals surface area contributed by atoms with Crippen molar-refractivity contribution in [3.8, 4) is 0 Å². The van der Waals surface area contributed by atoms with Gasteiger partial charge in [0.15, 0.2) is 5.78 Å². The Morgan fingerprint density at radius 1 is 1.25 bits per heavy atom. The van der Waals surface area contributed by atoms with Crippen LogP contribution in [-0.2, 0) is 9.59 Å². The van der Waals surface area contributed by atoms with Crippen LogP contribution < -0.4 is 5.32 Å². The minimum absolute atomic E-state index is 0.0421. The van der Waals surface area contributed by atoms with E-state index in [-0.39, 0.29) is 52.6 Å². The maximum atomic E-state index is 12.6. The van der Waals surface area contributed by atoms with E-state index >= 15 is 0 Å². The molecule has 0 radical (unpaired) electrons. The molecule has 1 aliphatic heterocycles. The molecule has 0 aromatic heterocycles. The zero-order valence-electron chi connectivity index (χ0n) is 17.7. The second kappa shape index (κ2) is 8.02. The lowest BCUT2D eigenvalue weighted by molar-refractivity contribution is -0.117. The Labute approximate surface area is 168 Å². The fourth-order valence-corrected chi connectivity index (χ4v) is 6.09. The van der Waals surface area contributed by atoms with Crippen LogP contribution in [0.25, 0.3) is 0 Å². The Kier molecular flexibility index (Phi) is 6.04. The second-order valence-corrected chi connectivity index (χ2v) is 9.17. The number of ketones is 1. The van der Waals surface area contributed by atoms with Crippen molar-refractivity contribution in [2.75, 3.05) is 0 Å². The van der Waals surface area contributed by atoms with Crippen LogP contribution in [0, 0.1) is 35.5 Å². The van der Waals surface area contributed by atoms with E-state index in [2.05, 4.69) is 39.1 Å².